The van der Waals surface area contributed by atoms with Gasteiger partial charge in [-0.2, -0.15) is 0 Å². The maximum absolute atomic E-state index is 2.49. The van der Waals surface area contributed by atoms with Crippen molar-refractivity contribution in [2.24, 2.45) is 5.92 Å². The zero-order chi connectivity index (χ0) is 23.2. The van der Waals surface area contributed by atoms with Crippen LogP contribution < -0.4 is 0 Å². The lowest BCUT2D eigenvalue weighted by molar-refractivity contribution is 0.505. The van der Waals surface area contributed by atoms with Crippen LogP contribution in [0.2, 0.25) is 0 Å². The number of allylic oxidation sites excluding steroid dienone is 4. The smallest absolute Gasteiger partial charge is 0.0551 e. The average molecular weight is 421 g/mol. The summed E-state index contributed by atoms with van der Waals surface area (Å²) >= 11 is 0. The van der Waals surface area contributed by atoms with Crippen molar-refractivity contribution in [3.05, 3.63) is 128 Å². The van der Waals surface area contributed by atoms with Crippen LogP contribution in [0.4, 0.5) is 0 Å². The molecule has 4 rings (SSSR count). The molecule has 32 heavy (non-hydrogen) atoms. The second-order valence-corrected chi connectivity index (χ2v) is 10.2. The quantitative estimate of drug-likeness (QED) is 0.372. The Balaban J connectivity index is 2.22. The Morgan fingerprint density at radius 2 is 0.781 bits per heavy atom. The molecule has 0 bridgehead atoms. The average Bonchev–Trinajstić information content (AvgIpc) is 2.98. The van der Waals surface area contributed by atoms with E-state index in [9.17, 15) is 0 Å². The third-order valence-electron chi connectivity index (χ3n) is 6.87. The Morgan fingerprint density at radius 1 is 0.469 bits per heavy atom. The summed E-state index contributed by atoms with van der Waals surface area (Å²) in [6.45, 7) is 17.9. The number of benzene rings is 3. The fourth-order valence-electron chi connectivity index (χ4n) is 6.00. The van der Waals surface area contributed by atoms with Crippen molar-refractivity contribution in [3.8, 4) is 0 Å². The van der Waals surface area contributed by atoms with Crippen LogP contribution in [-0.2, 0) is 5.41 Å². The lowest BCUT2D eigenvalue weighted by Crippen LogP contribution is -2.38. The van der Waals surface area contributed by atoms with Gasteiger partial charge < -0.3 is 0 Å². The first-order valence-electron chi connectivity index (χ1n) is 11.7. The topological polar surface area (TPSA) is 0 Å². The molecule has 164 valence electrons. The van der Waals surface area contributed by atoms with Gasteiger partial charge in [0.05, 0.1) is 5.41 Å². The van der Waals surface area contributed by atoms with E-state index in [0.29, 0.717) is 0 Å². The standard InChI is InChI=1S/C32H36/c1-20-9-21(2)14-28(13-20)32(31-19-26(7)12-27(31)8,29-15-22(3)10-23(4)16-29)30-17-24(5)11-25(6)18-30/h9-19,31H,1-8H3. The van der Waals surface area contributed by atoms with Gasteiger partial charge in [0.2, 0.25) is 0 Å². The van der Waals surface area contributed by atoms with Crippen molar-refractivity contribution in [3.63, 3.8) is 0 Å². The van der Waals surface area contributed by atoms with E-state index < -0.39 is 0 Å². The molecule has 0 radical (unpaired) electrons. The molecule has 3 aromatic carbocycles. The molecule has 0 amide bonds. The minimum atomic E-state index is -0.289. The molecule has 1 aliphatic rings. The van der Waals surface area contributed by atoms with Crippen LogP contribution >= 0.6 is 0 Å². The van der Waals surface area contributed by atoms with Gasteiger partial charge in [-0.05, 0) is 72.1 Å². The fourth-order valence-corrected chi connectivity index (χ4v) is 6.00. The van der Waals surface area contributed by atoms with Crippen molar-refractivity contribution in [2.75, 3.05) is 0 Å². The van der Waals surface area contributed by atoms with Crippen molar-refractivity contribution >= 4 is 0 Å². The molecule has 0 heterocycles. The second-order valence-electron chi connectivity index (χ2n) is 10.2. The maximum Gasteiger partial charge on any atom is 0.0551 e. The van der Waals surface area contributed by atoms with Crippen LogP contribution in [0.1, 0.15) is 63.9 Å². The maximum atomic E-state index is 2.49. The molecule has 0 N–H and O–H groups in total. The van der Waals surface area contributed by atoms with Gasteiger partial charge in [-0.25, -0.2) is 0 Å². The summed E-state index contributed by atoms with van der Waals surface area (Å²) in [5.41, 5.74) is 14.6. The highest BCUT2D eigenvalue weighted by Gasteiger charge is 2.45. The highest BCUT2D eigenvalue weighted by atomic mass is 14.5. The molecule has 1 atom stereocenters. The zero-order valence-corrected chi connectivity index (χ0v) is 20.9. The van der Waals surface area contributed by atoms with Crippen molar-refractivity contribution in [1.82, 2.24) is 0 Å². The summed E-state index contributed by atoms with van der Waals surface area (Å²) in [5.74, 6) is 0.270. The lowest BCUT2D eigenvalue weighted by Gasteiger charge is -2.42. The largest absolute Gasteiger partial charge is 0.0728 e. The highest BCUT2D eigenvalue weighted by molar-refractivity contribution is 5.59. The molecule has 3 aromatic rings. The summed E-state index contributed by atoms with van der Waals surface area (Å²) in [6, 6.07) is 21.3. The summed E-state index contributed by atoms with van der Waals surface area (Å²) < 4.78 is 0. The molecule has 0 nitrogen and oxygen atoms in total. The molecule has 1 aliphatic carbocycles. The van der Waals surface area contributed by atoms with Gasteiger partial charge in [-0.3, -0.25) is 0 Å². The molecule has 1 unspecified atom stereocenters. The van der Waals surface area contributed by atoms with Gasteiger partial charge in [0.15, 0.2) is 0 Å². The minimum absolute atomic E-state index is 0.270. The van der Waals surface area contributed by atoms with Crippen molar-refractivity contribution in [1.29, 1.82) is 0 Å². The molecule has 0 spiro atoms. The number of rotatable bonds is 4. The molecular weight excluding hydrogens is 384 g/mol. The summed E-state index contributed by atoms with van der Waals surface area (Å²) in [7, 11) is 0. The first-order valence-corrected chi connectivity index (χ1v) is 11.7. The van der Waals surface area contributed by atoms with E-state index in [1.807, 2.05) is 0 Å². The summed E-state index contributed by atoms with van der Waals surface area (Å²) in [6.07, 6.45) is 4.86. The minimum Gasteiger partial charge on any atom is -0.0728 e. The van der Waals surface area contributed by atoms with Crippen molar-refractivity contribution in [2.45, 2.75) is 60.8 Å². The third-order valence-corrected chi connectivity index (χ3v) is 6.87. The molecule has 0 saturated heterocycles. The Hall–Kier alpha value is -2.86. The van der Waals surface area contributed by atoms with E-state index in [0.717, 1.165) is 0 Å². The summed E-state index contributed by atoms with van der Waals surface area (Å²) in [4.78, 5) is 0. The van der Waals surface area contributed by atoms with Crippen LogP contribution in [0.15, 0.2) is 77.9 Å². The van der Waals surface area contributed by atoms with Gasteiger partial charge in [0.25, 0.3) is 0 Å². The van der Waals surface area contributed by atoms with Gasteiger partial charge in [-0.1, -0.05) is 111 Å². The summed E-state index contributed by atoms with van der Waals surface area (Å²) in [5, 5.41) is 0. The molecule has 0 fully saturated rings. The van der Waals surface area contributed by atoms with Gasteiger partial charge in [0.1, 0.15) is 0 Å². The first-order chi connectivity index (χ1) is 15.1. The van der Waals surface area contributed by atoms with Crippen molar-refractivity contribution < 1.29 is 0 Å². The molecular formula is C32H36. The van der Waals surface area contributed by atoms with E-state index in [4.69, 9.17) is 0 Å². The Kier molecular flexibility index (Phi) is 5.76. The molecule has 0 aromatic heterocycles. The van der Waals surface area contributed by atoms with Crippen LogP contribution in [-0.4, -0.2) is 0 Å². The third kappa shape index (κ3) is 3.88. The van der Waals surface area contributed by atoms with E-state index in [2.05, 4.69) is 122 Å². The van der Waals surface area contributed by atoms with E-state index in [1.165, 1.54) is 61.2 Å². The van der Waals surface area contributed by atoms with Crippen LogP contribution in [0.25, 0.3) is 0 Å². The molecule has 0 heteroatoms. The van der Waals surface area contributed by atoms with E-state index in [1.54, 1.807) is 0 Å². The van der Waals surface area contributed by atoms with Crippen LogP contribution in [0, 0.1) is 47.5 Å². The SMILES string of the molecule is CC1=CC(C(c2cc(C)cc(C)c2)(c2cc(C)cc(C)c2)c2cc(C)cc(C)c2)C(C)=C1. The van der Waals surface area contributed by atoms with Gasteiger partial charge in [0, 0.05) is 5.92 Å². The van der Waals surface area contributed by atoms with Crippen LogP contribution in [0.3, 0.4) is 0 Å². The molecule has 0 aliphatic heterocycles. The predicted octanol–water partition coefficient (Wildman–Crippen LogP) is 8.39. The predicted molar refractivity (Wildman–Crippen MR) is 139 cm³/mol. The van der Waals surface area contributed by atoms with Gasteiger partial charge in [-0.15, -0.1) is 0 Å². The number of aryl methyl sites for hydroxylation is 6. The Bertz CT molecular complexity index is 1060. The Morgan fingerprint density at radius 3 is 1.03 bits per heavy atom. The second kappa shape index (κ2) is 8.24. The normalized spacial score (nSPS) is 16.2. The number of hydrogen-bond acceptors (Lipinski definition) is 0. The fraction of sp³-hybridized carbons (Fsp3) is 0.312. The first kappa shape index (κ1) is 22.3. The van der Waals surface area contributed by atoms with E-state index in [-0.39, 0.29) is 11.3 Å². The zero-order valence-electron chi connectivity index (χ0n) is 20.9. The highest BCUT2D eigenvalue weighted by Crippen LogP contribution is 2.51. The van der Waals surface area contributed by atoms with Gasteiger partial charge >= 0.3 is 0 Å². The molecule has 0 saturated carbocycles. The monoisotopic (exact) mass is 420 g/mol. The lowest BCUT2D eigenvalue weighted by atomic mass is 9.59. The van der Waals surface area contributed by atoms with E-state index >= 15 is 0 Å². The number of hydrogen-bond donors (Lipinski definition) is 0. The Labute approximate surface area is 194 Å². The van der Waals surface area contributed by atoms with Crippen LogP contribution in [0.5, 0.6) is 0 Å².